The zero-order valence-corrected chi connectivity index (χ0v) is 67.3. The normalized spacial score (nSPS) is 13.0. The fourth-order valence-corrected chi connectivity index (χ4v) is 20.1. The van der Waals surface area contributed by atoms with Crippen LogP contribution < -0.4 is 26.0 Å². The second-order valence-corrected chi connectivity index (χ2v) is 34.8. The van der Waals surface area contributed by atoms with Crippen LogP contribution >= 0.6 is 0 Å². The van der Waals surface area contributed by atoms with Crippen LogP contribution in [0.2, 0.25) is 0 Å². The molecule has 4 N–H and O–H groups in total. The molecule has 2 aliphatic carbocycles. The molecule has 12 heterocycles. The summed E-state index contributed by atoms with van der Waals surface area (Å²) in [7, 11) is -11.4. The number of hydrogen-bond acceptors (Lipinski definition) is 23. The molecule has 608 valence electrons. The van der Waals surface area contributed by atoms with Gasteiger partial charge in [0.05, 0.1) is 76.6 Å². The molecule has 0 unspecified atom stereocenters. The second kappa shape index (κ2) is 33.9. The molecule has 2 fully saturated rings. The minimum atomic E-state index is -4.35. The molecule has 2 aromatic carbocycles. The number of hydrogen-bond donors (Lipinski definition) is 4. The van der Waals surface area contributed by atoms with Crippen LogP contribution in [0.5, 0.6) is 5.88 Å². The van der Waals surface area contributed by atoms with Gasteiger partial charge in [-0.05, 0) is 160 Å². The van der Waals surface area contributed by atoms with Crippen molar-refractivity contribution in [2.75, 3.05) is 42.6 Å². The molecule has 2 saturated carbocycles. The Morgan fingerprint density at radius 3 is 1.29 bits per heavy atom. The quantitative estimate of drug-likeness (QED) is 0.0658. The Morgan fingerprint density at radius 2 is 0.831 bits per heavy atom. The number of rotatable bonds is 17. The number of halogens is 3. The van der Waals surface area contributed by atoms with Gasteiger partial charge in [-0.3, -0.25) is 35.2 Å². The molecule has 0 atom stereocenters. The first-order valence-electron chi connectivity index (χ1n) is 36.1. The Bertz CT molecular complexity index is 6800. The summed E-state index contributed by atoms with van der Waals surface area (Å²) in [6.45, 7) is 7.82. The Hall–Kier alpha value is -13.3. The summed E-state index contributed by atoms with van der Waals surface area (Å²) in [5.74, 6) is -1.81. The minimum Gasteiger partial charge on any atom is -0.479 e. The van der Waals surface area contributed by atoms with E-state index in [-0.39, 0.29) is 50.1 Å². The van der Waals surface area contributed by atoms with Gasteiger partial charge < -0.3 is 24.8 Å². The number of pyridine rings is 8. The molecular formula is C80H73F3N16O15S4. The van der Waals surface area contributed by atoms with Gasteiger partial charge in [0.25, 0.3) is 20.0 Å². The Labute approximate surface area is 673 Å². The lowest BCUT2D eigenvalue weighted by Gasteiger charge is -2.15. The number of fused-ring (bicyclic) bond motifs is 4. The average Bonchev–Trinajstić information content (AvgIpc) is 1.58. The SMILES string of the molecule is CC(=O)Nc1cc(-c2cnc(C)c3c2c(F)cn3S(=O)(=O)C2CC2)ccn1.CC(=O)Nc1cc(-c2cnc(C)c3c2ccn3S(=O)(=O)c2ccc(F)cc2F)ccn1.COC(=O)Nc1cc(-c2cnc(C)c3c2ccn3S(=O)(=O)C2CCCC2)ccn1.COC(=O)Nc1cc(-c2cnc(OC)c3c2ccn3S(=O)(=O)c2ccccc2)ccn1. The van der Waals surface area contributed by atoms with Gasteiger partial charge in [-0.2, -0.15) is 0 Å². The number of methoxy groups -OCH3 is 3. The van der Waals surface area contributed by atoms with Crippen LogP contribution in [-0.4, -0.2) is 145 Å². The van der Waals surface area contributed by atoms with Gasteiger partial charge in [-0.25, -0.2) is 97.2 Å². The van der Waals surface area contributed by atoms with Crippen molar-refractivity contribution in [3.8, 4) is 50.4 Å². The van der Waals surface area contributed by atoms with E-state index in [0.29, 0.717) is 121 Å². The predicted octanol–water partition coefficient (Wildman–Crippen LogP) is 14.0. The zero-order chi connectivity index (χ0) is 84.3. The van der Waals surface area contributed by atoms with Gasteiger partial charge in [-0.15, -0.1) is 0 Å². The van der Waals surface area contributed by atoms with E-state index < -0.39 is 79.9 Å². The number of aromatic nitrogens is 12. The van der Waals surface area contributed by atoms with Crippen molar-refractivity contribution < 1.29 is 80.2 Å². The van der Waals surface area contributed by atoms with Crippen molar-refractivity contribution in [1.82, 2.24) is 55.8 Å². The third-order valence-corrected chi connectivity index (χ3v) is 26.9. The first-order valence-corrected chi connectivity index (χ1v) is 42.0. The number of aryl methyl sites for hydroxylation is 3. The van der Waals surface area contributed by atoms with E-state index in [2.05, 4.69) is 70.6 Å². The fourth-order valence-electron chi connectivity index (χ4n) is 13.6. The van der Waals surface area contributed by atoms with Crippen LogP contribution in [0.1, 0.15) is 69.5 Å². The topological polar surface area (TPSA) is 403 Å². The largest absolute Gasteiger partial charge is 0.479 e. The van der Waals surface area contributed by atoms with E-state index >= 15 is 0 Å². The molecule has 0 aliphatic heterocycles. The van der Waals surface area contributed by atoms with Crippen LogP contribution in [0.15, 0.2) is 199 Å². The van der Waals surface area contributed by atoms with Crippen LogP contribution in [-0.2, 0) is 59.2 Å². The second-order valence-electron chi connectivity index (χ2n) is 27.0. The van der Waals surface area contributed by atoms with E-state index in [1.54, 1.807) is 130 Å². The third kappa shape index (κ3) is 16.9. The molecule has 0 radical (unpaired) electrons. The molecule has 16 rings (SSSR count). The van der Waals surface area contributed by atoms with Gasteiger partial charge in [0.15, 0.2) is 5.82 Å². The van der Waals surface area contributed by atoms with E-state index in [1.165, 1.54) is 88.5 Å². The Morgan fingerprint density at radius 1 is 0.424 bits per heavy atom. The standard InChI is InChI=1S/C21H16F2N4O3S.C21H18N4O5S.C20H22N4O4S.C18H17FN4O3S/c1-12-21-16(17(11-25-12)14-5-7-24-20(9-14)26-13(2)28)6-8-27(21)31(29,30)19-4-3-15(22)10-18(19)23;1-29-20-19-16(9-11-25(19)31(27,28)15-6-4-3-5-7-15)17(13-23-20)14-8-10-22-18(12-14)24-21(26)30-2;1-13-19-16(8-10-24(19)29(26,27)15-5-3-4-6-15)17(12-22-13)14-7-9-21-18(11-14)23-20(25)28-2;1-10-18-17(15(19)9-23(18)27(25,26)13-3-4-13)14(8-21-10)12-5-6-20-16(7-12)22-11(2)24/h3-11H,1-2H3,(H,24,26,28);3-13H,1-2H3,(H,22,24,26);7-12,15H,3-6H2,1-2H3,(H,21,23,25);5-9,13H,3-4H2,1-2H3,(H,20,22,24). The van der Waals surface area contributed by atoms with Gasteiger partial charge in [0.1, 0.15) is 45.3 Å². The number of ether oxygens (including phenoxy) is 3. The third-order valence-electron chi connectivity index (χ3n) is 19.2. The summed E-state index contributed by atoms with van der Waals surface area (Å²) in [6, 6.07) is 28.9. The van der Waals surface area contributed by atoms with Crippen LogP contribution in [0.4, 0.5) is 46.0 Å². The van der Waals surface area contributed by atoms with Crippen molar-refractivity contribution in [1.29, 1.82) is 0 Å². The lowest BCUT2D eigenvalue weighted by molar-refractivity contribution is -0.115. The number of carbonyl (C=O) groups excluding carboxylic acids is 4. The molecule has 38 heteroatoms. The number of benzene rings is 2. The highest BCUT2D eigenvalue weighted by Gasteiger charge is 2.39. The van der Waals surface area contributed by atoms with Crippen molar-refractivity contribution in [3.63, 3.8) is 0 Å². The van der Waals surface area contributed by atoms with Crippen LogP contribution in [0.25, 0.3) is 88.1 Å². The lowest BCUT2D eigenvalue weighted by atomic mass is 10.0. The predicted molar refractivity (Wildman–Crippen MR) is 435 cm³/mol. The van der Waals surface area contributed by atoms with Gasteiger partial charge in [0.2, 0.25) is 37.7 Å². The summed E-state index contributed by atoms with van der Waals surface area (Å²) in [6.07, 6.45) is 21.0. The summed E-state index contributed by atoms with van der Waals surface area (Å²) in [5.41, 5.74) is 8.01. The van der Waals surface area contributed by atoms with Crippen molar-refractivity contribution in [2.24, 2.45) is 0 Å². The van der Waals surface area contributed by atoms with Crippen LogP contribution in [0.3, 0.4) is 0 Å². The highest BCUT2D eigenvalue weighted by Crippen LogP contribution is 2.41. The van der Waals surface area contributed by atoms with E-state index in [0.717, 1.165) is 59.6 Å². The van der Waals surface area contributed by atoms with E-state index in [9.17, 15) is 66.0 Å². The van der Waals surface area contributed by atoms with Crippen molar-refractivity contribution in [2.45, 2.75) is 93.4 Å². The summed E-state index contributed by atoms with van der Waals surface area (Å²) >= 11 is 0. The zero-order valence-electron chi connectivity index (χ0n) is 64.1. The van der Waals surface area contributed by atoms with E-state index in [1.807, 2.05) is 6.92 Å². The number of nitrogens with one attached hydrogen (secondary N) is 4. The Balaban J connectivity index is 0.000000137. The Kier molecular flexibility index (Phi) is 23.7. The summed E-state index contributed by atoms with van der Waals surface area (Å²) in [4.78, 5) is 78.7. The molecule has 2 aliphatic rings. The van der Waals surface area contributed by atoms with Gasteiger partial charge in [0, 0.05) is 132 Å². The number of anilines is 4. The smallest absolute Gasteiger partial charge is 0.412 e. The fraction of sp³-hybridized carbons (Fsp3) is 0.200. The van der Waals surface area contributed by atoms with Crippen molar-refractivity contribution in [3.05, 3.63) is 224 Å². The lowest BCUT2D eigenvalue weighted by Crippen LogP contribution is -2.24. The summed E-state index contributed by atoms with van der Waals surface area (Å²) in [5, 5.41) is 11.5. The molecular weight excluding hydrogens is 1610 g/mol. The highest BCUT2D eigenvalue weighted by atomic mass is 32.2. The number of carbonyl (C=O) groups is 4. The molecule has 118 heavy (non-hydrogen) atoms. The first-order chi connectivity index (χ1) is 56.3. The average molecular weight is 1680 g/mol. The monoisotopic (exact) mass is 1680 g/mol. The molecule has 0 bridgehead atoms. The molecule has 31 nitrogen and oxygen atoms in total. The minimum absolute atomic E-state index is 0.147. The van der Waals surface area contributed by atoms with Gasteiger partial charge >= 0.3 is 12.2 Å². The summed E-state index contributed by atoms with van der Waals surface area (Å²) < 4.78 is 166. The maximum atomic E-state index is 14.9. The maximum Gasteiger partial charge on any atom is 0.412 e. The van der Waals surface area contributed by atoms with Gasteiger partial charge in [-0.1, -0.05) is 31.0 Å². The molecule has 14 aromatic rings. The van der Waals surface area contributed by atoms with E-state index in [4.69, 9.17) is 4.74 Å². The maximum absolute atomic E-state index is 14.9. The molecule has 0 saturated heterocycles. The molecule has 0 spiro atoms. The highest BCUT2D eigenvalue weighted by molar-refractivity contribution is 7.91. The molecule has 12 aromatic heterocycles. The van der Waals surface area contributed by atoms with Crippen molar-refractivity contribution >= 4 is 131 Å². The molecule has 4 amide bonds. The first kappa shape index (κ1) is 82.6. The number of nitrogens with zero attached hydrogens (tertiary/aromatic N) is 12. The van der Waals surface area contributed by atoms with Crippen LogP contribution in [0, 0.1) is 38.2 Å². The number of amides is 4.